The summed E-state index contributed by atoms with van der Waals surface area (Å²) >= 11 is 0. The Balaban J connectivity index is 1.48. The van der Waals surface area contributed by atoms with Crippen molar-refractivity contribution < 1.29 is 9.90 Å². The molecule has 1 aliphatic heterocycles. The van der Waals surface area contributed by atoms with Gasteiger partial charge in [-0.15, -0.1) is 0 Å². The first kappa shape index (κ1) is 21.9. The zero-order chi connectivity index (χ0) is 23.9. The molecule has 0 bridgehead atoms. The number of aromatic nitrogens is 3. The summed E-state index contributed by atoms with van der Waals surface area (Å²) < 4.78 is 1.94. The maximum absolute atomic E-state index is 12.4. The number of imidazole rings is 1. The Bertz CT molecular complexity index is 1360. The number of rotatable bonds is 7. The molecule has 174 valence electrons. The predicted molar refractivity (Wildman–Crippen MR) is 135 cm³/mol. The van der Waals surface area contributed by atoms with Gasteiger partial charge >= 0.3 is 0 Å². The topological polar surface area (TPSA) is 94.8 Å². The number of aliphatic hydroxyl groups is 1. The normalized spacial score (nSPS) is 14.2. The van der Waals surface area contributed by atoms with Gasteiger partial charge in [0.15, 0.2) is 11.5 Å². The van der Waals surface area contributed by atoms with Crippen LogP contribution in [-0.4, -0.2) is 45.1 Å². The van der Waals surface area contributed by atoms with Crippen LogP contribution >= 0.6 is 0 Å². The van der Waals surface area contributed by atoms with Crippen molar-refractivity contribution in [1.82, 2.24) is 14.4 Å². The molecule has 8 heteroatoms. The van der Waals surface area contributed by atoms with Gasteiger partial charge in [-0.25, -0.2) is 9.97 Å². The molecule has 0 fully saturated rings. The molecule has 0 radical (unpaired) electrons. The van der Waals surface area contributed by atoms with Crippen LogP contribution in [0.3, 0.4) is 0 Å². The molecule has 0 atom stereocenters. The zero-order valence-corrected chi connectivity index (χ0v) is 19.5. The van der Waals surface area contributed by atoms with E-state index >= 15 is 0 Å². The minimum absolute atomic E-state index is 0.00380. The Morgan fingerprint density at radius 2 is 1.97 bits per heavy atom. The van der Waals surface area contributed by atoms with Crippen molar-refractivity contribution in [3.63, 3.8) is 0 Å². The lowest BCUT2D eigenvalue weighted by atomic mass is 9.86. The van der Waals surface area contributed by atoms with Crippen molar-refractivity contribution in [2.75, 3.05) is 35.2 Å². The number of carbonyl (C=O) groups excluding carboxylic acids is 1. The van der Waals surface area contributed by atoms with Crippen molar-refractivity contribution in [2.45, 2.75) is 26.2 Å². The van der Waals surface area contributed by atoms with Gasteiger partial charge in [0.25, 0.3) is 0 Å². The number of anilines is 4. The van der Waals surface area contributed by atoms with Crippen LogP contribution in [0.4, 0.5) is 22.9 Å². The van der Waals surface area contributed by atoms with E-state index in [1.165, 1.54) is 0 Å². The summed E-state index contributed by atoms with van der Waals surface area (Å²) in [6, 6.07) is 14.0. The first-order chi connectivity index (χ1) is 16.4. The maximum Gasteiger partial charge on any atom is 0.234 e. The van der Waals surface area contributed by atoms with E-state index in [9.17, 15) is 9.90 Å². The van der Waals surface area contributed by atoms with Crippen molar-refractivity contribution in [3.8, 4) is 11.3 Å². The summed E-state index contributed by atoms with van der Waals surface area (Å²) in [6.07, 6.45) is 5.57. The summed E-state index contributed by atoms with van der Waals surface area (Å²) in [5, 5.41) is 15.7. The largest absolute Gasteiger partial charge is 0.395 e. The minimum Gasteiger partial charge on any atom is -0.395 e. The molecular weight excluding hydrogens is 428 g/mol. The quantitative estimate of drug-likeness (QED) is 0.386. The molecule has 2 aromatic carbocycles. The number of carbonyl (C=O) groups is 1. The third-order valence-corrected chi connectivity index (χ3v) is 6.43. The van der Waals surface area contributed by atoms with Crippen LogP contribution in [0, 0.1) is 0 Å². The lowest BCUT2D eigenvalue weighted by Gasteiger charge is -2.22. The molecule has 1 amide bonds. The van der Waals surface area contributed by atoms with Gasteiger partial charge in [-0.1, -0.05) is 12.1 Å². The highest BCUT2D eigenvalue weighted by Crippen LogP contribution is 2.39. The van der Waals surface area contributed by atoms with Crippen LogP contribution in [0.5, 0.6) is 0 Å². The second-order valence-electron chi connectivity index (χ2n) is 8.95. The van der Waals surface area contributed by atoms with Gasteiger partial charge in [-0.3, -0.25) is 4.79 Å². The van der Waals surface area contributed by atoms with E-state index in [0.717, 1.165) is 46.1 Å². The molecule has 34 heavy (non-hydrogen) atoms. The Morgan fingerprint density at radius 1 is 1.18 bits per heavy atom. The molecule has 0 spiro atoms. The van der Waals surface area contributed by atoms with Gasteiger partial charge in [0.1, 0.15) is 0 Å². The second kappa shape index (κ2) is 8.46. The SMILES string of the molecule is CCN(CCO)c1ccc(Nc2nc(-c3ccc4c(c3)NC(=O)C4(C)C)cn3ccnc23)cc1. The van der Waals surface area contributed by atoms with Crippen molar-refractivity contribution in [2.24, 2.45) is 0 Å². The molecule has 8 nitrogen and oxygen atoms in total. The van der Waals surface area contributed by atoms with Crippen molar-refractivity contribution >= 4 is 34.4 Å². The summed E-state index contributed by atoms with van der Waals surface area (Å²) in [6.45, 7) is 7.47. The summed E-state index contributed by atoms with van der Waals surface area (Å²) in [5.74, 6) is 0.645. The van der Waals surface area contributed by atoms with E-state index in [4.69, 9.17) is 4.98 Å². The van der Waals surface area contributed by atoms with Crippen molar-refractivity contribution in [1.29, 1.82) is 0 Å². The zero-order valence-electron chi connectivity index (χ0n) is 19.5. The Morgan fingerprint density at radius 3 is 2.71 bits per heavy atom. The molecule has 0 aliphatic carbocycles. The molecule has 1 aliphatic rings. The molecule has 0 saturated heterocycles. The molecule has 4 aromatic rings. The summed E-state index contributed by atoms with van der Waals surface area (Å²) in [4.78, 5) is 23.8. The summed E-state index contributed by atoms with van der Waals surface area (Å²) in [5.41, 5.74) is 5.62. The highest BCUT2D eigenvalue weighted by molar-refractivity contribution is 6.06. The predicted octanol–water partition coefficient (Wildman–Crippen LogP) is 4.19. The number of hydrogen-bond donors (Lipinski definition) is 3. The van der Waals surface area contributed by atoms with Gasteiger partial charge in [0, 0.05) is 54.3 Å². The number of fused-ring (bicyclic) bond motifs is 2. The van der Waals surface area contributed by atoms with E-state index < -0.39 is 5.41 Å². The fraction of sp³-hybridized carbons (Fsp3) is 0.269. The third-order valence-electron chi connectivity index (χ3n) is 6.43. The average Bonchev–Trinajstić information content (AvgIpc) is 3.40. The first-order valence-electron chi connectivity index (χ1n) is 11.4. The van der Waals surface area contributed by atoms with Crippen LogP contribution in [0.25, 0.3) is 16.9 Å². The standard InChI is InChI=1S/C26H28N6O2/c1-4-31(13-14-33)19-8-6-18(7-9-19)28-23-24-27-11-12-32(24)16-22(29-23)17-5-10-20-21(15-17)30-25(34)26(20,2)3/h5-12,15-16,33H,4,13-14H2,1-3H3,(H,28,29)(H,30,34). The van der Waals surface area contributed by atoms with Crippen LogP contribution in [-0.2, 0) is 10.2 Å². The molecule has 3 heterocycles. The van der Waals surface area contributed by atoms with Crippen LogP contribution in [0.2, 0.25) is 0 Å². The summed E-state index contributed by atoms with van der Waals surface area (Å²) in [7, 11) is 0. The molecule has 3 N–H and O–H groups in total. The fourth-order valence-corrected chi connectivity index (χ4v) is 4.39. The van der Waals surface area contributed by atoms with E-state index in [-0.39, 0.29) is 12.5 Å². The van der Waals surface area contributed by atoms with Crippen molar-refractivity contribution in [3.05, 3.63) is 66.6 Å². The van der Waals surface area contributed by atoms with Gasteiger partial charge in [-0.2, -0.15) is 0 Å². The van der Waals surface area contributed by atoms with E-state index in [1.807, 2.05) is 73.1 Å². The molecule has 2 aromatic heterocycles. The van der Waals surface area contributed by atoms with E-state index in [0.29, 0.717) is 12.4 Å². The van der Waals surface area contributed by atoms with Crippen LogP contribution < -0.4 is 15.5 Å². The number of nitrogens with one attached hydrogen (secondary N) is 2. The lowest BCUT2D eigenvalue weighted by molar-refractivity contribution is -0.119. The van der Waals surface area contributed by atoms with Gasteiger partial charge in [-0.05, 0) is 56.7 Å². The van der Waals surface area contributed by atoms with E-state index in [1.54, 1.807) is 6.20 Å². The number of aliphatic hydroxyl groups excluding tert-OH is 1. The fourth-order valence-electron chi connectivity index (χ4n) is 4.39. The number of hydrogen-bond acceptors (Lipinski definition) is 6. The Labute approximate surface area is 198 Å². The molecule has 0 saturated carbocycles. The highest BCUT2D eigenvalue weighted by atomic mass is 16.3. The molecule has 0 unspecified atom stereocenters. The van der Waals surface area contributed by atoms with Crippen LogP contribution in [0.1, 0.15) is 26.3 Å². The van der Waals surface area contributed by atoms with Gasteiger partial charge in [0.2, 0.25) is 5.91 Å². The average molecular weight is 457 g/mol. The minimum atomic E-state index is -0.543. The van der Waals surface area contributed by atoms with Gasteiger partial charge in [0.05, 0.1) is 17.7 Å². The lowest BCUT2D eigenvalue weighted by Crippen LogP contribution is -2.26. The van der Waals surface area contributed by atoms with E-state index in [2.05, 4.69) is 27.4 Å². The number of nitrogens with zero attached hydrogens (tertiary/aromatic N) is 4. The maximum atomic E-state index is 12.4. The molecular formula is C26H28N6O2. The Kier molecular flexibility index (Phi) is 5.45. The monoisotopic (exact) mass is 456 g/mol. The number of likely N-dealkylation sites (N-methyl/N-ethyl adjacent to an activating group) is 1. The third kappa shape index (κ3) is 3.76. The highest BCUT2D eigenvalue weighted by Gasteiger charge is 2.38. The second-order valence-corrected chi connectivity index (χ2v) is 8.95. The molecule has 5 rings (SSSR count). The Hall–Kier alpha value is -3.91. The van der Waals surface area contributed by atoms with Crippen LogP contribution in [0.15, 0.2) is 61.1 Å². The first-order valence-corrected chi connectivity index (χ1v) is 11.4. The smallest absolute Gasteiger partial charge is 0.234 e. The van der Waals surface area contributed by atoms with Gasteiger partial charge < -0.3 is 25.0 Å². The number of benzene rings is 2. The number of amides is 1.